The Balaban J connectivity index is 1.78. The summed E-state index contributed by atoms with van der Waals surface area (Å²) >= 11 is 14.0. The molecule has 0 saturated heterocycles. The van der Waals surface area contributed by atoms with E-state index >= 15 is 0 Å². The summed E-state index contributed by atoms with van der Waals surface area (Å²) in [6, 6.07) is 7.75. The van der Waals surface area contributed by atoms with E-state index in [-0.39, 0.29) is 9.88 Å². The number of hydrogen-bond donors (Lipinski definition) is 1. The van der Waals surface area contributed by atoms with Gasteiger partial charge in [0.1, 0.15) is 0 Å². The van der Waals surface area contributed by atoms with E-state index in [0.29, 0.717) is 26.4 Å². The van der Waals surface area contributed by atoms with Crippen LogP contribution < -0.4 is 5.32 Å². The zero-order valence-electron chi connectivity index (χ0n) is 11.7. The number of nitrogens with zero attached hydrogens (tertiary/aromatic N) is 2. The van der Waals surface area contributed by atoms with Gasteiger partial charge in [0, 0.05) is 22.0 Å². The van der Waals surface area contributed by atoms with Crippen molar-refractivity contribution in [1.82, 2.24) is 4.98 Å². The number of halogens is 2. The highest BCUT2D eigenvalue weighted by Gasteiger charge is 2.17. The molecule has 1 aromatic carbocycles. The second-order valence-electron chi connectivity index (χ2n) is 4.51. The van der Waals surface area contributed by atoms with Crippen LogP contribution in [0.2, 0.25) is 10.0 Å². The third kappa shape index (κ3) is 3.57. The zero-order valence-corrected chi connectivity index (χ0v) is 14.8. The van der Waals surface area contributed by atoms with Gasteiger partial charge in [0.25, 0.3) is 5.91 Å². The van der Waals surface area contributed by atoms with Crippen LogP contribution in [-0.4, -0.2) is 15.8 Å². The lowest BCUT2D eigenvalue weighted by Gasteiger charge is -2.01. The molecule has 1 N–H and O–H groups in total. The van der Waals surface area contributed by atoms with Crippen LogP contribution in [0.4, 0.5) is 10.1 Å². The van der Waals surface area contributed by atoms with Crippen LogP contribution in [0, 0.1) is 10.1 Å². The summed E-state index contributed by atoms with van der Waals surface area (Å²) in [7, 11) is 0. The molecule has 0 aliphatic carbocycles. The highest BCUT2D eigenvalue weighted by atomic mass is 35.5. The first-order valence-corrected chi connectivity index (χ1v) is 8.86. The fourth-order valence-corrected chi connectivity index (χ4v) is 3.79. The highest BCUT2D eigenvalue weighted by molar-refractivity contribution is 7.17. The van der Waals surface area contributed by atoms with Crippen LogP contribution in [-0.2, 0) is 0 Å². The molecule has 1 amide bonds. The molecule has 3 aromatic rings. The molecule has 2 aromatic heterocycles. The van der Waals surface area contributed by atoms with E-state index in [9.17, 15) is 14.9 Å². The van der Waals surface area contributed by atoms with Gasteiger partial charge in [-0.05, 0) is 24.3 Å². The molecule has 0 aliphatic rings. The lowest BCUT2D eigenvalue weighted by atomic mass is 10.2. The lowest BCUT2D eigenvalue weighted by Crippen LogP contribution is -2.09. The number of carbonyl (C=O) groups excluding carboxylic acids is 1. The van der Waals surface area contributed by atoms with Crippen molar-refractivity contribution in [1.29, 1.82) is 0 Å². The minimum Gasteiger partial charge on any atom is -0.297 e. The Morgan fingerprint density at radius 3 is 2.71 bits per heavy atom. The summed E-state index contributed by atoms with van der Waals surface area (Å²) in [5, 5.41) is 16.3. The van der Waals surface area contributed by atoms with Gasteiger partial charge >= 0.3 is 5.00 Å². The van der Waals surface area contributed by atoms with Crippen LogP contribution in [0.15, 0.2) is 35.7 Å². The molecular weight excluding hydrogens is 393 g/mol. The second kappa shape index (κ2) is 6.86. The van der Waals surface area contributed by atoms with Gasteiger partial charge in [-0.3, -0.25) is 20.2 Å². The van der Waals surface area contributed by atoms with Gasteiger partial charge in [-0.1, -0.05) is 34.5 Å². The number of aromatic nitrogens is 1. The Kier molecular flexibility index (Phi) is 4.81. The van der Waals surface area contributed by atoms with Crippen molar-refractivity contribution in [3.05, 3.63) is 60.7 Å². The molecule has 0 fully saturated rings. The molecule has 24 heavy (non-hydrogen) atoms. The molecule has 0 bridgehead atoms. The Hall–Kier alpha value is -2.00. The Morgan fingerprint density at radius 1 is 1.25 bits per heavy atom. The van der Waals surface area contributed by atoms with E-state index < -0.39 is 10.8 Å². The minimum atomic E-state index is -0.536. The fraction of sp³-hybridized carbons (Fsp3) is 0. The summed E-state index contributed by atoms with van der Waals surface area (Å²) < 4.78 is 0. The number of thiophene rings is 1. The van der Waals surface area contributed by atoms with Crippen molar-refractivity contribution in [2.45, 2.75) is 0 Å². The van der Waals surface area contributed by atoms with Crippen molar-refractivity contribution in [3.63, 3.8) is 0 Å². The van der Waals surface area contributed by atoms with E-state index in [1.165, 1.54) is 23.5 Å². The Morgan fingerprint density at radius 2 is 2.04 bits per heavy atom. The van der Waals surface area contributed by atoms with Gasteiger partial charge in [0.15, 0.2) is 5.13 Å². The van der Waals surface area contributed by atoms with Crippen molar-refractivity contribution < 1.29 is 9.72 Å². The number of nitrogens with one attached hydrogen (secondary N) is 1. The first-order chi connectivity index (χ1) is 11.4. The average Bonchev–Trinajstić information content (AvgIpc) is 3.16. The number of amides is 1. The van der Waals surface area contributed by atoms with Gasteiger partial charge in [0.05, 0.1) is 20.5 Å². The fourth-order valence-electron chi connectivity index (χ4n) is 1.86. The molecule has 0 radical (unpaired) electrons. The SMILES string of the molecule is O=C(Nc1nc(-c2ccc(Cl)cc2Cl)cs1)c1ccc([N+](=O)[O-])s1. The van der Waals surface area contributed by atoms with Crippen LogP contribution in [0.25, 0.3) is 11.3 Å². The summed E-state index contributed by atoms with van der Waals surface area (Å²) in [5.41, 5.74) is 1.30. The molecule has 122 valence electrons. The van der Waals surface area contributed by atoms with E-state index in [2.05, 4.69) is 10.3 Å². The number of nitro groups is 1. The topological polar surface area (TPSA) is 85.1 Å². The first kappa shape index (κ1) is 16.8. The molecular formula is C14H7Cl2N3O3S2. The molecule has 0 spiro atoms. The highest BCUT2D eigenvalue weighted by Crippen LogP contribution is 2.32. The zero-order chi connectivity index (χ0) is 17.3. The molecule has 2 heterocycles. The number of anilines is 1. The Labute approximate surface area is 153 Å². The third-order valence-electron chi connectivity index (χ3n) is 2.93. The normalized spacial score (nSPS) is 10.6. The van der Waals surface area contributed by atoms with E-state index in [1.807, 2.05) is 0 Å². The second-order valence-corrected chi connectivity index (χ2v) is 7.28. The molecule has 0 aliphatic heterocycles. The van der Waals surface area contributed by atoms with Crippen LogP contribution >= 0.6 is 45.9 Å². The van der Waals surface area contributed by atoms with Crippen molar-refractivity contribution in [2.24, 2.45) is 0 Å². The quantitative estimate of drug-likeness (QED) is 0.473. The van der Waals surface area contributed by atoms with Gasteiger partial charge < -0.3 is 0 Å². The van der Waals surface area contributed by atoms with E-state index in [1.54, 1.807) is 23.6 Å². The van der Waals surface area contributed by atoms with E-state index in [4.69, 9.17) is 23.2 Å². The van der Waals surface area contributed by atoms with Gasteiger partial charge in [0.2, 0.25) is 0 Å². The van der Waals surface area contributed by atoms with Crippen LogP contribution in [0.5, 0.6) is 0 Å². The predicted molar refractivity (Wildman–Crippen MR) is 96.5 cm³/mol. The summed E-state index contributed by atoms with van der Waals surface area (Å²) in [6.45, 7) is 0. The number of benzene rings is 1. The summed E-state index contributed by atoms with van der Waals surface area (Å²) in [4.78, 5) is 26.8. The van der Waals surface area contributed by atoms with E-state index in [0.717, 1.165) is 11.3 Å². The number of thiazole rings is 1. The van der Waals surface area contributed by atoms with Gasteiger partial charge in [-0.15, -0.1) is 11.3 Å². The maximum Gasteiger partial charge on any atom is 0.324 e. The van der Waals surface area contributed by atoms with Gasteiger partial charge in [-0.25, -0.2) is 4.98 Å². The van der Waals surface area contributed by atoms with Crippen LogP contribution in [0.1, 0.15) is 9.67 Å². The molecule has 10 heteroatoms. The van der Waals surface area contributed by atoms with Crippen molar-refractivity contribution in [3.8, 4) is 11.3 Å². The first-order valence-electron chi connectivity index (χ1n) is 6.40. The number of rotatable bonds is 4. The van der Waals surface area contributed by atoms with Gasteiger partial charge in [-0.2, -0.15) is 0 Å². The molecule has 0 atom stereocenters. The summed E-state index contributed by atoms with van der Waals surface area (Å²) in [5.74, 6) is -0.448. The standard InChI is InChI=1S/C14H7Cl2N3O3S2/c15-7-1-2-8(9(16)5-7)10-6-23-14(17-10)18-13(20)11-3-4-12(24-11)19(21)22/h1-6H,(H,17,18,20). The van der Waals surface area contributed by atoms with Crippen molar-refractivity contribution >= 4 is 61.9 Å². The predicted octanol–water partition coefficient (Wildman–Crippen LogP) is 5.34. The maximum atomic E-state index is 12.1. The molecule has 6 nitrogen and oxygen atoms in total. The molecule has 0 unspecified atom stereocenters. The summed E-state index contributed by atoms with van der Waals surface area (Å²) in [6.07, 6.45) is 0. The molecule has 3 rings (SSSR count). The smallest absolute Gasteiger partial charge is 0.297 e. The maximum absolute atomic E-state index is 12.1. The van der Waals surface area contributed by atoms with Crippen molar-refractivity contribution in [2.75, 3.05) is 5.32 Å². The minimum absolute atomic E-state index is 0.0899. The van der Waals surface area contributed by atoms with Crippen LogP contribution in [0.3, 0.4) is 0 Å². The number of carbonyl (C=O) groups is 1. The largest absolute Gasteiger partial charge is 0.324 e. The third-order valence-corrected chi connectivity index (χ3v) is 5.27. The monoisotopic (exact) mass is 399 g/mol. The lowest BCUT2D eigenvalue weighted by molar-refractivity contribution is -0.380. The number of hydrogen-bond acceptors (Lipinski definition) is 6. The molecule has 0 saturated carbocycles. The Bertz CT molecular complexity index is 939. The average molecular weight is 400 g/mol.